The van der Waals surface area contributed by atoms with Gasteiger partial charge in [0, 0.05) is 29.7 Å². The summed E-state index contributed by atoms with van der Waals surface area (Å²) in [6.45, 7) is 8.31. The number of rotatable bonds is 6. The predicted octanol–water partition coefficient (Wildman–Crippen LogP) is 2.41. The number of aliphatic hydroxyl groups excluding tert-OH is 1. The molecule has 0 bridgehead atoms. The number of ether oxygens (including phenoxy) is 1. The van der Waals surface area contributed by atoms with Crippen LogP contribution in [-0.2, 0) is 0 Å². The molecule has 2 rings (SSSR count). The minimum absolute atomic E-state index is 0.0729. The Hall–Kier alpha value is -1.18. The minimum Gasteiger partial charge on any atom is -0.472 e. The summed E-state index contributed by atoms with van der Waals surface area (Å²) in [6, 6.07) is 1.48. The van der Waals surface area contributed by atoms with Crippen LogP contribution in [0.15, 0.2) is 16.7 Å². The lowest BCUT2D eigenvalue weighted by Crippen LogP contribution is -2.50. The molecule has 25 heavy (non-hydrogen) atoms. The molecule has 1 N–H and O–H groups in total. The molecule has 140 valence electrons. The Morgan fingerprint density at radius 1 is 1.56 bits per heavy atom. The molecule has 0 aliphatic carbocycles. The second-order valence-electron chi connectivity index (χ2n) is 6.89. The third-order valence-corrected chi connectivity index (χ3v) is 5.02. The molecule has 1 aliphatic heterocycles. The highest BCUT2D eigenvalue weighted by atomic mass is 79.9. The van der Waals surface area contributed by atoms with Crippen molar-refractivity contribution in [3.8, 4) is 5.88 Å². The predicted molar refractivity (Wildman–Crippen MR) is 101 cm³/mol. The molecule has 0 radical (unpaired) electrons. The van der Waals surface area contributed by atoms with Crippen molar-refractivity contribution in [1.29, 1.82) is 0 Å². The smallest absolute Gasteiger partial charge is 0.259 e. The van der Waals surface area contributed by atoms with Gasteiger partial charge >= 0.3 is 0 Å². The molecule has 0 spiro atoms. The Morgan fingerprint density at radius 3 is 2.92 bits per heavy atom. The van der Waals surface area contributed by atoms with Gasteiger partial charge in [0.1, 0.15) is 11.7 Å². The maximum Gasteiger partial charge on any atom is 0.259 e. The number of hydrogen-bond donors (Lipinski definition) is 1. The number of aliphatic hydroxyl groups is 1. The number of amides is 1. The van der Waals surface area contributed by atoms with Gasteiger partial charge in [0.05, 0.1) is 12.6 Å². The normalized spacial score (nSPS) is 22.2. The number of fused-ring (bicyclic) bond motifs is 1. The van der Waals surface area contributed by atoms with E-state index in [0.717, 1.165) is 24.0 Å². The number of likely N-dealkylation sites (N-methyl/N-ethyl adjacent to an activating group) is 1. The van der Waals surface area contributed by atoms with Gasteiger partial charge in [-0.15, -0.1) is 0 Å². The van der Waals surface area contributed by atoms with Gasteiger partial charge in [0.2, 0.25) is 5.88 Å². The van der Waals surface area contributed by atoms with Crippen LogP contribution in [0.1, 0.15) is 37.6 Å². The van der Waals surface area contributed by atoms with E-state index < -0.39 is 0 Å². The van der Waals surface area contributed by atoms with Crippen LogP contribution in [-0.4, -0.2) is 71.2 Å². The van der Waals surface area contributed by atoms with Crippen molar-refractivity contribution in [1.82, 2.24) is 14.8 Å². The number of nitrogens with zero attached hydrogens (tertiary/aromatic N) is 3. The van der Waals surface area contributed by atoms with E-state index >= 15 is 0 Å². The zero-order chi connectivity index (χ0) is 18.6. The largest absolute Gasteiger partial charge is 0.472 e. The molecule has 6 nitrogen and oxygen atoms in total. The summed E-state index contributed by atoms with van der Waals surface area (Å²) in [6.07, 6.45) is 2.64. The van der Waals surface area contributed by atoms with E-state index in [1.54, 1.807) is 17.2 Å². The fourth-order valence-electron chi connectivity index (χ4n) is 3.07. The first-order chi connectivity index (χ1) is 11.9. The van der Waals surface area contributed by atoms with Crippen molar-refractivity contribution in [3.05, 3.63) is 22.3 Å². The van der Waals surface area contributed by atoms with E-state index in [-0.39, 0.29) is 30.6 Å². The van der Waals surface area contributed by atoms with Crippen LogP contribution >= 0.6 is 15.9 Å². The van der Waals surface area contributed by atoms with Gasteiger partial charge in [-0.25, -0.2) is 4.98 Å². The Balaban J connectivity index is 2.38. The molecule has 3 atom stereocenters. The number of pyridine rings is 1. The van der Waals surface area contributed by atoms with Gasteiger partial charge in [0.15, 0.2) is 0 Å². The molecule has 2 heterocycles. The van der Waals surface area contributed by atoms with Crippen LogP contribution in [0.25, 0.3) is 0 Å². The molecular formula is C18H28BrN3O3. The average Bonchev–Trinajstić information content (AvgIpc) is 2.58. The lowest BCUT2D eigenvalue weighted by molar-refractivity contribution is 0.0331. The first-order valence-corrected chi connectivity index (χ1v) is 9.59. The first-order valence-electron chi connectivity index (χ1n) is 8.79. The molecule has 1 aromatic heterocycles. The van der Waals surface area contributed by atoms with E-state index in [2.05, 4.69) is 46.7 Å². The van der Waals surface area contributed by atoms with Crippen molar-refractivity contribution in [2.45, 2.75) is 39.3 Å². The molecule has 0 unspecified atom stereocenters. The standard InChI is InChI=1S/C18H28BrN3O3/c1-5-6-21(4)10-16-12(2)9-22(13(3)11-23)18(24)15-7-14(19)8-20-17(15)25-16/h7-8,12-13,16,23H,5-6,9-11H2,1-4H3/t12-,13+,16-/m1/s1. The summed E-state index contributed by atoms with van der Waals surface area (Å²) in [5, 5.41) is 9.58. The number of carbonyl (C=O) groups excluding carboxylic acids is 1. The van der Waals surface area contributed by atoms with Gasteiger partial charge in [0.25, 0.3) is 5.91 Å². The molecule has 0 aromatic carbocycles. The number of halogens is 1. The molecule has 1 amide bonds. The van der Waals surface area contributed by atoms with Crippen LogP contribution < -0.4 is 4.74 Å². The summed E-state index contributed by atoms with van der Waals surface area (Å²) in [5.41, 5.74) is 0.435. The summed E-state index contributed by atoms with van der Waals surface area (Å²) in [4.78, 5) is 21.3. The summed E-state index contributed by atoms with van der Waals surface area (Å²) in [5.74, 6) is 0.332. The van der Waals surface area contributed by atoms with E-state index in [1.165, 1.54) is 0 Å². The first kappa shape index (κ1) is 20.1. The zero-order valence-corrected chi connectivity index (χ0v) is 17.0. The molecule has 0 saturated carbocycles. The van der Waals surface area contributed by atoms with Crippen molar-refractivity contribution in [2.24, 2.45) is 5.92 Å². The highest BCUT2D eigenvalue weighted by Gasteiger charge is 2.34. The third-order valence-electron chi connectivity index (χ3n) is 4.58. The van der Waals surface area contributed by atoms with E-state index in [4.69, 9.17) is 4.74 Å². The zero-order valence-electron chi connectivity index (χ0n) is 15.4. The molecule has 0 saturated heterocycles. The molecule has 1 aliphatic rings. The van der Waals surface area contributed by atoms with Gasteiger partial charge in [-0.1, -0.05) is 13.8 Å². The minimum atomic E-state index is -0.256. The lowest BCUT2D eigenvalue weighted by atomic mass is 10.00. The van der Waals surface area contributed by atoms with Crippen LogP contribution in [0.4, 0.5) is 0 Å². The summed E-state index contributed by atoms with van der Waals surface area (Å²) < 4.78 is 6.90. The van der Waals surface area contributed by atoms with Crippen LogP contribution in [0.3, 0.4) is 0 Å². The van der Waals surface area contributed by atoms with Crippen molar-refractivity contribution in [2.75, 3.05) is 33.3 Å². The fourth-order valence-corrected chi connectivity index (χ4v) is 3.41. The SMILES string of the molecule is CCCN(C)C[C@H]1Oc2ncc(Br)cc2C(=O)N([C@@H](C)CO)C[C@H]1C. The van der Waals surface area contributed by atoms with Gasteiger partial charge < -0.3 is 19.6 Å². The monoisotopic (exact) mass is 413 g/mol. The Labute approximate surface area is 158 Å². The van der Waals surface area contributed by atoms with Crippen LogP contribution in [0, 0.1) is 5.92 Å². The topological polar surface area (TPSA) is 65.9 Å². The number of hydrogen-bond acceptors (Lipinski definition) is 5. The highest BCUT2D eigenvalue weighted by molar-refractivity contribution is 9.10. The second kappa shape index (κ2) is 8.96. The quantitative estimate of drug-likeness (QED) is 0.775. The Kier molecular flexibility index (Phi) is 7.22. The molecule has 7 heteroatoms. The summed E-state index contributed by atoms with van der Waals surface area (Å²) in [7, 11) is 2.08. The maximum absolute atomic E-state index is 13.0. The average molecular weight is 414 g/mol. The Morgan fingerprint density at radius 2 is 2.28 bits per heavy atom. The van der Waals surface area contributed by atoms with E-state index in [9.17, 15) is 9.90 Å². The molecular weight excluding hydrogens is 386 g/mol. The number of aromatic nitrogens is 1. The third kappa shape index (κ3) is 4.92. The van der Waals surface area contributed by atoms with Gasteiger partial charge in [-0.05, 0) is 48.9 Å². The van der Waals surface area contributed by atoms with Crippen molar-refractivity contribution < 1.29 is 14.6 Å². The van der Waals surface area contributed by atoms with Crippen LogP contribution in [0.5, 0.6) is 5.88 Å². The summed E-state index contributed by atoms with van der Waals surface area (Å²) >= 11 is 3.38. The van der Waals surface area contributed by atoms with E-state index in [1.807, 2.05) is 6.92 Å². The number of carbonyl (C=O) groups is 1. The maximum atomic E-state index is 13.0. The van der Waals surface area contributed by atoms with E-state index in [0.29, 0.717) is 18.0 Å². The van der Waals surface area contributed by atoms with Crippen LogP contribution in [0.2, 0.25) is 0 Å². The fraction of sp³-hybridized carbons (Fsp3) is 0.667. The van der Waals surface area contributed by atoms with Gasteiger partial charge in [-0.3, -0.25) is 4.79 Å². The second-order valence-corrected chi connectivity index (χ2v) is 7.81. The highest BCUT2D eigenvalue weighted by Crippen LogP contribution is 2.28. The van der Waals surface area contributed by atoms with Crippen molar-refractivity contribution >= 4 is 21.8 Å². The molecule has 0 fully saturated rings. The van der Waals surface area contributed by atoms with Crippen molar-refractivity contribution in [3.63, 3.8) is 0 Å². The lowest BCUT2D eigenvalue weighted by Gasteiger charge is -2.37. The van der Waals surface area contributed by atoms with Gasteiger partial charge in [-0.2, -0.15) is 0 Å². The molecule has 1 aromatic rings. The Bertz CT molecular complexity index is 599.